The fraction of sp³-hybridized carbons (Fsp3) is 0.357. The molecule has 0 saturated heterocycles. The second-order valence-electron chi connectivity index (χ2n) is 4.85. The van der Waals surface area contributed by atoms with Gasteiger partial charge in [0.15, 0.2) is 0 Å². The molecule has 96 valence electrons. The van der Waals surface area contributed by atoms with E-state index in [-0.39, 0.29) is 6.04 Å². The van der Waals surface area contributed by atoms with Crippen LogP contribution in [0.2, 0.25) is 5.02 Å². The Morgan fingerprint density at radius 2 is 1.94 bits per heavy atom. The summed E-state index contributed by atoms with van der Waals surface area (Å²) in [5, 5.41) is 0.740. The largest absolute Gasteiger partial charge is 0.329 e. The van der Waals surface area contributed by atoms with Gasteiger partial charge in [0.1, 0.15) is 0 Å². The summed E-state index contributed by atoms with van der Waals surface area (Å²) in [5.41, 5.74) is 8.29. The minimum Gasteiger partial charge on any atom is -0.329 e. The van der Waals surface area contributed by atoms with Gasteiger partial charge in [-0.15, -0.1) is 0 Å². The lowest BCUT2D eigenvalue weighted by Crippen LogP contribution is -2.31. The molecule has 0 aliphatic carbocycles. The van der Waals surface area contributed by atoms with Crippen molar-refractivity contribution in [1.29, 1.82) is 0 Å². The summed E-state index contributed by atoms with van der Waals surface area (Å²) >= 11 is 5.90. The molecule has 18 heavy (non-hydrogen) atoms. The van der Waals surface area contributed by atoms with Gasteiger partial charge in [0.2, 0.25) is 0 Å². The van der Waals surface area contributed by atoms with Crippen LogP contribution in [0.3, 0.4) is 0 Å². The second kappa shape index (κ2) is 5.55. The van der Waals surface area contributed by atoms with Crippen molar-refractivity contribution in [1.82, 2.24) is 9.55 Å². The molecule has 1 heterocycles. The molecule has 1 aromatic carbocycles. The lowest BCUT2D eigenvalue weighted by atomic mass is 10.1. The highest BCUT2D eigenvalue weighted by molar-refractivity contribution is 6.30. The van der Waals surface area contributed by atoms with Crippen LogP contribution in [0.4, 0.5) is 0 Å². The molecule has 0 aliphatic heterocycles. The van der Waals surface area contributed by atoms with E-state index in [0.29, 0.717) is 5.92 Å². The van der Waals surface area contributed by atoms with E-state index in [4.69, 9.17) is 17.3 Å². The second-order valence-corrected chi connectivity index (χ2v) is 5.28. The Hall–Kier alpha value is -1.32. The predicted molar refractivity (Wildman–Crippen MR) is 75.5 cm³/mol. The van der Waals surface area contributed by atoms with Crippen molar-refractivity contribution >= 4 is 11.6 Å². The Bertz CT molecular complexity index is 502. The van der Waals surface area contributed by atoms with E-state index in [9.17, 15) is 0 Å². The summed E-state index contributed by atoms with van der Waals surface area (Å²) < 4.78 is 2.09. The zero-order chi connectivity index (χ0) is 13.1. The van der Waals surface area contributed by atoms with Crippen molar-refractivity contribution in [3.8, 4) is 11.3 Å². The minimum atomic E-state index is 0.130. The normalized spacial score (nSPS) is 12.9. The lowest BCUT2D eigenvalue weighted by molar-refractivity contribution is 0.435. The first kappa shape index (κ1) is 13.1. The van der Waals surface area contributed by atoms with Crippen LogP contribution < -0.4 is 5.73 Å². The van der Waals surface area contributed by atoms with Gasteiger partial charge in [-0.3, -0.25) is 0 Å². The molecule has 1 aromatic heterocycles. The number of imidazole rings is 1. The fourth-order valence-corrected chi connectivity index (χ4v) is 1.89. The molecule has 2 aromatic rings. The molecule has 1 unspecified atom stereocenters. The number of rotatable bonds is 4. The van der Waals surface area contributed by atoms with Crippen LogP contribution in [0.5, 0.6) is 0 Å². The minimum absolute atomic E-state index is 0.130. The molecule has 0 radical (unpaired) electrons. The van der Waals surface area contributed by atoms with Gasteiger partial charge in [-0.25, -0.2) is 4.98 Å². The van der Waals surface area contributed by atoms with E-state index in [2.05, 4.69) is 23.4 Å². The van der Waals surface area contributed by atoms with E-state index in [1.165, 1.54) is 0 Å². The smallest absolute Gasteiger partial charge is 0.0951 e. The molecule has 0 amide bonds. The Balaban J connectivity index is 2.25. The highest BCUT2D eigenvalue weighted by Gasteiger charge is 2.11. The van der Waals surface area contributed by atoms with Gasteiger partial charge in [-0.1, -0.05) is 37.6 Å². The Morgan fingerprint density at radius 1 is 1.28 bits per heavy atom. The quantitative estimate of drug-likeness (QED) is 0.921. The molecule has 2 rings (SSSR count). The third kappa shape index (κ3) is 2.92. The molecule has 0 spiro atoms. The lowest BCUT2D eigenvalue weighted by Gasteiger charge is -2.17. The number of hydrogen-bond acceptors (Lipinski definition) is 2. The average Bonchev–Trinajstić information content (AvgIpc) is 2.78. The highest BCUT2D eigenvalue weighted by Crippen LogP contribution is 2.21. The van der Waals surface area contributed by atoms with E-state index >= 15 is 0 Å². The van der Waals surface area contributed by atoms with Crippen LogP contribution in [-0.4, -0.2) is 15.6 Å². The number of nitrogens with two attached hydrogens (primary N) is 1. The van der Waals surface area contributed by atoms with E-state index in [1.807, 2.05) is 36.8 Å². The van der Waals surface area contributed by atoms with Crippen LogP contribution in [0.1, 0.15) is 13.8 Å². The maximum atomic E-state index is 6.11. The fourth-order valence-electron chi connectivity index (χ4n) is 1.77. The van der Waals surface area contributed by atoms with Crippen molar-refractivity contribution in [2.75, 3.05) is 0 Å². The summed E-state index contributed by atoms with van der Waals surface area (Å²) in [5.74, 6) is 0.450. The molecule has 2 N–H and O–H groups in total. The first-order valence-electron chi connectivity index (χ1n) is 6.09. The zero-order valence-corrected chi connectivity index (χ0v) is 11.4. The van der Waals surface area contributed by atoms with Crippen molar-refractivity contribution < 1.29 is 0 Å². The van der Waals surface area contributed by atoms with Gasteiger partial charge in [0.05, 0.1) is 18.2 Å². The monoisotopic (exact) mass is 263 g/mol. The van der Waals surface area contributed by atoms with E-state index in [0.717, 1.165) is 22.8 Å². The van der Waals surface area contributed by atoms with Crippen LogP contribution in [0.15, 0.2) is 36.8 Å². The van der Waals surface area contributed by atoms with Crippen LogP contribution in [-0.2, 0) is 6.54 Å². The first-order chi connectivity index (χ1) is 8.58. The zero-order valence-electron chi connectivity index (χ0n) is 10.7. The van der Waals surface area contributed by atoms with E-state index < -0.39 is 0 Å². The molecular weight excluding hydrogens is 246 g/mol. The molecule has 0 saturated carbocycles. The third-order valence-electron chi connectivity index (χ3n) is 3.12. The van der Waals surface area contributed by atoms with Crippen molar-refractivity contribution in [2.45, 2.75) is 26.4 Å². The molecule has 4 heteroatoms. The molecule has 0 aliphatic rings. The number of nitrogens with zero attached hydrogens (tertiary/aromatic N) is 2. The third-order valence-corrected chi connectivity index (χ3v) is 3.37. The summed E-state index contributed by atoms with van der Waals surface area (Å²) in [6, 6.07) is 7.89. The summed E-state index contributed by atoms with van der Waals surface area (Å²) in [4.78, 5) is 4.21. The molecular formula is C14H18ClN3. The standard InChI is InChI=1S/C14H18ClN3/c1-10(2)13(16)8-18-9-17-7-14(18)11-3-5-12(15)6-4-11/h3-7,9-10,13H,8,16H2,1-2H3. The summed E-state index contributed by atoms with van der Waals surface area (Å²) in [6.45, 7) is 5.03. The van der Waals surface area contributed by atoms with Crippen LogP contribution in [0, 0.1) is 5.92 Å². The van der Waals surface area contributed by atoms with Crippen LogP contribution >= 0.6 is 11.6 Å². The first-order valence-corrected chi connectivity index (χ1v) is 6.47. The summed E-state index contributed by atoms with van der Waals surface area (Å²) in [7, 11) is 0. The Labute approximate surface area is 113 Å². The van der Waals surface area contributed by atoms with Gasteiger partial charge in [-0.05, 0) is 23.6 Å². The SMILES string of the molecule is CC(C)C(N)Cn1cncc1-c1ccc(Cl)cc1. The van der Waals surface area contributed by atoms with Gasteiger partial charge >= 0.3 is 0 Å². The molecule has 0 fully saturated rings. The topological polar surface area (TPSA) is 43.8 Å². The van der Waals surface area contributed by atoms with Gasteiger partial charge in [0, 0.05) is 17.6 Å². The Morgan fingerprint density at radius 3 is 2.56 bits per heavy atom. The van der Waals surface area contributed by atoms with Crippen molar-refractivity contribution in [2.24, 2.45) is 11.7 Å². The highest BCUT2D eigenvalue weighted by atomic mass is 35.5. The molecule has 1 atom stereocenters. The summed E-state index contributed by atoms with van der Waals surface area (Å²) in [6.07, 6.45) is 3.68. The number of benzene rings is 1. The van der Waals surface area contributed by atoms with Gasteiger partial charge in [0.25, 0.3) is 0 Å². The van der Waals surface area contributed by atoms with Crippen molar-refractivity contribution in [3.05, 3.63) is 41.8 Å². The number of halogens is 1. The van der Waals surface area contributed by atoms with Gasteiger partial charge in [-0.2, -0.15) is 0 Å². The number of aromatic nitrogens is 2. The molecule has 0 bridgehead atoms. The number of hydrogen-bond donors (Lipinski definition) is 1. The molecule has 3 nitrogen and oxygen atoms in total. The average molecular weight is 264 g/mol. The van der Waals surface area contributed by atoms with E-state index in [1.54, 1.807) is 0 Å². The predicted octanol–water partition coefficient (Wildman–Crippen LogP) is 3.19. The Kier molecular flexibility index (Phi) is 4.04. The van der Waals surface area contributed by atoms with Crippen molar-refractivity contribution in [3.63, 3.8) is 0 Å². The maximum absolute atomic E-state index is 6.11. The van der Waals surface area contributed by atoms with Crippen LogP contribution in [0.25, 0.3) is 11.3 Å². The van der Waals surface area contributed by atoms with Gasteiger partial charge < -0.3 is 10.3 Å². The maximum Gasteiger partial charge on any atom is 0.0951 e.